The second kappa shape index (κ2) is 7.09. The molecule has 3 saturated carbocycles. The predicted molar refractivity (Wildman–Crippen MR) is 97.2 cm³/mol. The van der Waals surface area contributed by atoms with Crippen LogP contribution >= 0.6 is 11.6 Å². The van der Waals surface area contributed by atoms with Gasteiger partial charge in [-0.15, -0.1) is 0 Å². The molecule has 3 aliphatic rings. The number of aliphatic hydroxyl groups is 2. The Hall–Kier alpha value is -2.04. The lowest BCUT2D eigenvalue weighted by Gasteiger charge is -2.71. The van der Waals surface area contributed by atoms with Gasteiger partial charge in [-0.05, 0) is 31.4 Å². The Kier molecular flexibility index (Phi) is 4.88. The van der Waals surface area contributed by atoms with Crippen LogP contribution in [0.5, 0.6) is 11.6 Å². The van der Waals surface area contributed by atoms with Crippen molar-refractivity contribution in [2.45, 2.75) is 42.8 Å². The Morgan fingerprint density at radius 3 is 2.50 bits per heavy atom. The fourth-order valence-electron chi connectivity index (χ4n) is 4.07. The molecule has 0 saturated heterocycles. The summed E-state index contributed by atoms with van der Waals surface area (Å²) in [5.41, 5.74) is -0.0964. The number of aliphatic hydroxyl groups excluding tert-OH is 2. The lowest BCUT2D eigenvalue weighted by Crippen LogP contribution is -2.84. The first-order valence-electron chi connectivity index (χ1n) is 8.79. The summed E-state index contributed by atoms with van der Waals surface area (Å²) in [6.45, 7) is -0.0328. The van der Waals surface area contributed by atoms with Crippen LogP contribution in [0.4, 0.5) is 4.39 Å². The van der Waals surface area contributed by atoms with E-state index in [1.807, 2.05) is 0 Å². The molecule has 3 fully saturated rings. The molecule has 150 valence electrons. The zero-order valence-corrected chi connectivity index (χ0v) is 15.5. The van der Waals surface area contributed by atoms with Crippen molar-refractivity contribution < 1.29 is 24.4 Å². The zero-order valence-electron chi connectivity index (χ0n) is 14.8. The van der Waals surface area contributed by atoms with Crippen LogP contribution in [0.2, 0.25) is 5.02 Å². The first-order valence-corrected chi connectivity index (χ1v) is 9.16. The number of nitrogens with one attached hydrogen (secondary N) is 2. The third kappa shape index (κ3) is 3.76. The standard InChI is InChI=1S/C18H20ClFN4O4/c19-11-2-1-10(3-12(11)20)28-6-15(26)23-17-7-18(8-17,9-17)24-16(27)13-4-22-14(25)5-21-13/h1-5,15-16,23-24,26-27H,6-9H2,(H,22,25). The highest BCUT2D eigenvalue weighted by atomic mass is 35.5. The molecule has 2 unspecified atom stereocenters. The molecule has 1 heterocycles. The third-order valence-electron chi connectivity index (χ3n) is 5.18. The van der Waals surface area contributed by atoms with Gasteiger partial charge >= 0.3 is 0 Å². The normalized spacial score (nSPS) is 27.4. The quantitative estimate of drug-likeness (QED) is 0.412. The minimum Gasteiger partial charge on any atom is -0.492 e. The molecule has 10 heteroatoms. The second-order valence-electron chi connectivity index (χ2n) is 7.48. The maximum Gasteiger partial charge on any atom is 0.229 e. The van der Waals surface area contributed by atoms with Crippen LogP contribution < -0.4 is 15.4 Å². The summed E-state index contributed by atoms with van der Waals surface area (Å²) < 4.78 is 18.8. The number of hydrogen-bond acceptors (Lipinski definition) is 8. The van der Waals surface area contributed by atoms with E-state index in [4.69, 9.17) is 21.4 Å². The molecular weight excluding hydrogens is 391 g/mol. The number of rotatable bonds is 8. The molecule has 5 N–H and O–H groups in total. The zero-order chi connectivity index (χ0) is 19.9. The molecule has 8 nitrogen and oxygen atoms in total. The average Bonchev–Trinajstić information content (AvgIpc) is 2.60. The summed E-state index contributed by atoms with van der Waals surface area (Å²) in [5.74, 6) is -0.496. The number of aromatic nitrogens is 2. The van der Waals surface area contributed by atoms with E-state index in [-0.39, 0.29) is 34.3 Å². The van der Waals surface area contributed by atoms with Gasteiger partial charge in [-0.25, -0.2) is 14.4 Å². The number of hydrogen-bond donors (Lipinski definition) is 5. The fourth-order valence-corrected chi connectivity index (χ4v) is 4.18. The topological polar surface area (TPSA) is 120 Å². The van der Waals surface area contributed by atoms with Crippen LogP contribution in [0, 0.1) is 5.82 Å². The van der Waals surface area contributed by atoms with Gasteiger partial charge < -0.3 is 20.1 Å². The van der Waals surface area contributed by atoms with Crippen molar-refractivity contribution in [2.24, 2.45) is 0 Å². The van der Waals surface area contributed by atoms with Gasteiger partial charge in [-0.1, -0.05) is 11.6 Å². The smallest absolute Gasteiger partial charge is 0.229 e. The maximum atomic E-state index is 13.4. The van der Waals surface area contributed by atoms with Gasteiger partial charge in [0.15, 0.2) is 0 Å². The first kappa shape index (κ1) is 19.3. The Morgan fingerprint density at radius 1 is 1.14 bits per heavy atom. The number of nitrogens with zero attached hydrogens (tertiary/aromatic N) is 2. The van der Waals surface area contributed by atoms with E-state index in [2.05, 4.69) is 20.6 Å². The molecule has 28 heavy (non-hydrogen) atoms. The van der Waals surface area contributed by atoms with E-state index in [0.717, 1.165) is 19.3 Å². The second-order valence-corrected chi connectivity index (χ2v) is 7.89. The van der Waals surface area contributed by atoms with Gasteiger partial charge in [0, 0.05) is 17.1 Å². The molecule has 1 aromatic carbocycles. The van der Waals surface area contributed by atoms with Gasteiger partial charge in [0.25, 0.3) is 0 Å². The van der Waals surface area contributed by atoms with Crippen LogP contribution in [-0.2, 0) is 0 Å². The number of halogens is 2. The van der Waals surface area contributed by atoms with Crippen molar-refractivity contribution in [1.29, 1.82) is 0 Å². The van der Waals surface area contributed by atoms with E-state index < -0.39 is 18.3 Å². The van der Waals surface area contributed by atoms with Gasteiger partial charge in [-0.3, -0.25) is 10.6 Å². The summed E-state index contributed by atoms with van der Waals surface area (Å²) in [4.78, 5) is 7.63. The van der Waals surface area contributed by atoms with Crippen molar-refractivity contribution in [1.82, 2.24) is 20.6 Å². The lowest BCUT2D eigenvalue weighted by molar-refractivity contribution is -0.151. The highest BCUT2D eigenvalue weighted by Crippen LogP contribution is 2.61. The molecular formula is C18H20ClFN4O4. The van der Waals surface area contributed by atoms with Crippen LogP contribution in [0.25, 0.3) is 0 Å². The molecule has 0 radical (unpaired) electrons. The molecule has 0 amide bonds. The highest BCUT2D eigenvalue weighted by Gasteiger charge is 2.68. The van der Waals surface area contributed by atoms with Crippen LogP contribution in [0.1, 0.15) is 31.2 Å². The maximum absolute atomic E-state index is 13.4. The minimum atomic E-state index is -0.987. The lowest BCUT2D eigenvalue weighted by atomic mass is 9.44. The Labute approximate surface area is 165 Å². The number of ether oxygens (including phenoxy) is 1. The molecule has 2 atom stereocenters. The van der Waals surface area contributed by atoms with Crippen molar-refractivity contribution in [3.8, 4) is 11.6 Å². The molecule has 2 aromatic rings. The molecule has 0 aliphatic heterocycles. The third-order valence-corrected chi connectivity index (χ3v) is 5.49. The summed E-state index contributed by atoms with van der Waals surface area (Å²) in [6, 6.07) is 4.10. The first-order chi connectivity index (χ1) is 13.3. The van der Waals surface area contributed by atoms with Crippen molar-refractivity contribution in [3.63, 3.8) is 0 Å². The Balaban J connectivity index is 1.23. The van der Waals surface area contributed by atoms with E-state index in [1.165, 1.54) is 30.6 Å². The van der Waals surface area contributed by atoms with E-state index >= 15 is 0 Å². The molecule has 0 spiro atoms. The highest BCUT2D eigenvalue weighted by molar-refractivity contribution is 6.30. The predicted octanol–water partition coefficient (Wildman–Crippen LogP) is 1.22. The molecule has 3 aliphatic carbocycles. The van der Waals surface area contributed by atoms with Crippen LogP contribution in [0.15, 0.2) is 30.6 Å². The van der Waals surface area contributed by atoms with Gasteiger partial charge in [0.05, 0.1) is 17.4 Å². The van der Waals surface area contributed by atoms with E-state index in [1.54, 1.807) is 0 Å². The largest absolute Gasteiger partial charge is 0.492 e. The molecule has 1 aromatic heterocycles. The van der Waals surface area contributed by atoms with Gasteiger partial charge in [0.1, 0.15) is 36.3 Å². The van der Waals surface area contributed by atoms with Crippen molar-refractivity contribution in [3.05, 3.63) is 47.1 Å². The van der Waals surface area contributed by atoms with Crippen molar-refractivity contribution in [2.75, 3.05) is 6.61 Å². The summed E-state index contributed by atoms with van der Waals surface area (Å²) in [5, 5.41) is 35.8. The number of benzene rings is 1. The summed E-state index contributed by atoms with van der Waals surface area (Å²) in [7, 11) is 0. The van der Waals surface area contributed by atoms with E-state index in [9.17, 15) is 14.6 Å². The van der Waals surface area contributed by atoms with Crippen LogP contribution in [0.3, 0.4) is 0 Å². The number of aromatic hydroxyl groups is 1. The van der Waals surface area contributed by atoms with Gasteiger partial charge in [-0.2, -0.15) is 0 Å². The summed E-state index contributed by atoms with van der Waals surface area (Å²) >= 11 is 5.62. The average molecular weight is 411 g/mol. The summed E-state index contributed by atoms with van der Waals surface area (Å²) in [6.07, 6.45) is 2.78. The van der Waals surface area contributed by atoms with Crippen molar-refractivity contribution >= 4 is 11.6 Å². The fraction of sp³-hybridized carbons (Fsp3) is 0.444. The molecule has 2 bridgehead atoms. The monoisotopic (exact) mass is 410 g/mol. The van der Waals surface area contributed by atoms with E-state index in [0.29, 0.717) is 5.69 Å². The Morgan fingerprint density at radius 2 is 1.86 bits per heavy atom. The minimum absolute atomic E-state index is 0.0122. The Bertz CT molecular complexity index is 849. The SMILES string of the molecule is Oc1cnc(C(O)NC23CC(NC(O)COc4ccc(Cl)c(F)c4)(C2)C3)cn1. The van der Waals surface area contributed by atoms with Crippen LogP contribution in [-0.4, -0.2) is 49.2 Å². The molecule has 5 rings (SSSR count). The van der Waals surface area contributed by atoms with Gasteiger partial charge in [0.2, 0.25) is 5.88 Å².